The molecule has 5 nitrogen and oxygen atoms in total. The van der Waals surface area contributed by atoms with Crippen LogP contribution in [0.3, 0.4) is 0 Å². The first-order chi connectivity index (χ1) is 10.7. The Morgan fingerprint density at radius 2 is 2.00 bits per heavy atom. The van der Waals surface area contributed by atoms with Crippen molar-refractivity contribution >= 4 is 5.65 Å². The van der Waals surface area contributed by atoms with E-state index >= 15 is 0 Å². The van der Waals surface area contributed by atoms with Crippen molar-refractivity contribution in [2.45, 2.75) is 0 Å². The summed E-state index contributed by atoms with van der Waals surface area (Å²) in [6, 6.07) is 10.1. The first-order valence-electron chi connectivity index (χ1n) is 6.48. The lowest BCUT2D eigenvalue weighted by molar-refractivity contribution is 0.404. The maximum Gasteiger partial charge on any atom is 0.152 e. The molecule has 0 aliphatic carbocycles. The normalized spacial score (nSPS) is 10.5. The number of pyridine rings is 1. The Labute approximate surface area is 126 Å². The standard InChI is InChI=1S/C16H12FN3O2/c1-21-11-4-5-14(22-2)12(7-11)16-13(8-18)20-9-10(17)3-6-15(20)19-16/h3-7,9H,1-2H3. The number of hydrogen-bond acceptors (Lipinski definition) is 4. The van der Waals surface area contributed by atoms with E-state index in [1.807, 2.05) is 0 Å². The van der Waals surface area contributed by atoms with Crippen molar-refractivity contribution in [3.8, 4) is 28.8 Å². The van der Waals surface area contributed by atoms with Gasteiger partial charge in [0.2, 0.25) is 0 Å². The van der Waals surface area contributed by atoms with Gasteiger partial charge in [0.1, 0.15) is 34.7 Å². The lowest BCUT2D eigenvalue weighted by Crippen LogP contribution is -1.93. The average Bonchev–Trinajstić information content (AvgIpc) is 2.91. The largest absolute Gasteiger partial charge is 0.497 e. The lowest BCUT2D eigenvalue weighted by Gasteiger charge is -2.08. The monoisotopic (exact) mass is 297 g/mol. The maximum atomic E-state index is 13.4. The third kappa shape index (κ3) is 2.13. The van der Waals surface area contributed by atoms with Crippen LogP contribution in [0.25, 0.3) is 16.9 Å². The van der Waals surface area contributed by atoms with Gasteiger partial charge in [0.15, 0.2) is 5.69 Å². The highest BCUT2D eigenvalue weighted by Crippen LogP contribution is 2.35. The molecule has 0 fully saturated rings. The summed E-state index contributed by atoms with van der Waals surface area (Å²) in [5, 5.41) is 9.44. The molecule has 22 heavy (non-hydrogen) atoms. The summed E-state index contributed by atoms with van der Waals surface area (Å²) in [4.78, 5) is 4.42. The average molecular weight is 297 g/mol. The molecule has 0 unspecified atom stereocenters. The molecule has 0 amide bonds. The Balaban J connectivity index is 2.33. The fourth-order valence-electron chi connectivity index (χ4n) is 2.31. The predicted molar refractivity (Wildman–Crippen MR) is 78.4 cm³/mol. The van der Waals surface area contributed by atoms with Gasteiger partial charge in [0, 0.05) is 11.8 Å². The van der Waals surface area contributed by atoms with Gasteiger partial charge in [-0.25, -0.2) is 9.37 Å². The van der Waals surface area contributed by atoms with Gasteiger partial charge in [-0.15, -0.1) is 0 Å². The van der Waals surface area contributed by atoms with Gasteiger partial charge in [-0.2, -0.15) is 5.26 Å². The summed E-state index contributed by atoms with van der Waals surface area (Å²) >= 11 is 0. The van der Waals surface area contributed by atoms with Crippen molar-refractivity contribution < 1.29 is 13.9 Å². The van der Waals surface area contributed by atoms with Crippen molar-refractivity contribution in [1.29, 1.82) is 5.26 Å². The Hall–Kier alpha value is -3.07. The van der Waals surface area contributed by atoms with E-state index in [4.69, 9.17) is 9.47 Å². The summed E-state index contributed by atoms with van der Waals surface area (Å²) in [6.45, 7) is 0. The number of rotatable bonds is 3. The molecule has 0 N–H and O–H groups in total. The Kier molecular flexibility index (Phi) is 3.39. The molecule has 3 rings (SSSR count). The van der Waals surface area contributed by atoms with E-state index in [0.29, 0.717) is 28.4 Å². The topological polar surface area (TPSA) is 59.6 Å². The van der Waals surface area contributed by atoms with Gasteiger partial charge in [0.05, 0.1) is 14.2 Å². The molecule has 0 bridgehead atoms. The second kappa shape index (κ2) is 5.37. The van der Waals surface area contributed by atoms with E-state index in [-0.39, 0.29) is 5.69 Å². The number of hydrogen-bond donors (Lipinski definition) is 0. The molecule has 6 heteroatoms. The summed E-state index contributed by atoms with van der Waals surface area (Å²) in [5.41, 5.74) is 1.75. The molecule has 1 aromatic carbocycles. The second-order valence-corrected chi connectivity index (χ2v) is 4.56. The van der Waals surface area contributed by atoms with Crippen LogP contribution in [0.1, 0.15) is 5.69 Å². The quantitative estimate of drug-likeness (QED) is 0.745. The van der Waals surface area contributed by atoms with E-state index < -0.39 is 5.82 Å². The minimum atomic E-state index is -0.439. The van der Waals surface area contributed by atoms with Crippen LogP contribution in [0.5, 0.6) is 11.5 Å². The van der Waals surface area contributed by atoms with Crippen molar-refractivity contribution in [2.75, 3.05) is 14.2 Å². The zero-order valence-corrected chi connectivity index (χ0v) is 12.0. The molecule has 0 saturated carbocycles. The minimum absolute atomic E-state index is 0.237. The Bertz CT molecular complexity index is 896. The van der Waals surface area contributed by atoms with Crippen LogP contribution in [0.15, 0.2) is 36.5 Å². The highest BCUT2D eigenvalue weighted by atomic mass is 19.1. The molecule has 0 atom stereocenters. The molecular formula is C16H12FN3O2. The van der Waals surface area contributed by atoms with E-state index in [1.165, 1.54) is 29.8 Å². The van der Waals surface area contributed by atoms with Crippen LogP contribution in [-0.2, 0) is 0 Å². The summed E-state index contributed by atoms with van der Waals surface area (Å²) in [7, 11) is 3.09. The first kappa shape index (κ1) is 13.9. The molecule has 0 aliphatic heterocycles. The van der Waals surface area contributed by atoms with Crippen LogP contribution in [0.2, 0.25) is 0 Å². The predicted octanol–water partition coefficient (Wildman–Crippen LogP) is 3.03. The van der Waals surface area contributed by atoms with Gasteiger partial charge in [-0.1, -0.05) is 0 Å². The fourth-order valence-corrected chi connectivity index (χ4v) is 2.31. The molecule has 0 aliphatic rings. The number of methoxy groups -OCH3 is 2. The smallest absolute Gasteiger partial charge is 0.152 e. The molecule has 0 spiro atoms. The number of imidazole rings is 1. The highest BCUT2D eigenvalue weighted by molar-refractivity contribution is 5.75. The van der Waals surface area contributed by atoms with Crippen molar-refractivity contribution in [3.05, 3.63) is 48.0 Å². The highest BCUT2D eigenvalue weighted by Gasteiger charge is 2.18. The third-order valence-electron chi connectivity index (χ3n) is 3.35. The minimum Gasteiger partial charge on any atom is -0.497 e. The van der Waals surface area contributed by atoms with E-state index in [0.717, 1.165) is 0 Å². The molecule has 3 aromatic rings. The SMILES string of the molecule is COc1ccc(OC)c(-c2nc3ccc(F)cn3c2C#N)c1. The van der Waals surface area contributed by atoms with Crippen LogP contribution in [-0.4, -0.2) is 23.6 Å². The van der Waals surface area contributed by atoms with Gasteiger partial charge < -0.3 is 9.47 Å². The van der Waals surface area contributed by atoms with Crippen molar-refractivity contribution in [1.82, 2.24) is 9.38 Å². The number of nitrogens with zero attached hydrogens (tertiary/aromatic N) is 3. The van der Waals surface area contributed by atoms with Gasteiger partial charge >= 0.3 is 0 Å². The molecule has 2 heterocycles. The van der Waals surface area contributed by atoms with Crippen molar-refractivity contribution in [2.24, 2.45) is 0 Å². The fraction of sp³-hybridized carbons (Fsp3) is 0.125. The first-order valence-corrected chi connectivity index (χ1v) is 6.48. The molecule has 0 saturated heterocycles. The van der Waals surface area contributed by atoms with Gasteiger partial charge in [0.25, 0.3) is 0 Å². The van der Waals surface area contributed by atoms with E-state index in [1.54, 1.807) is 25.3 Å². The zero-order chi connectivity index (χ0) is 15.7. The number of nitriles is 1. The molecular weight excluding hydrogens is 285 g/mol. The van der Waals surface area contributed by atoms with Crippen LogP contribution in [0.4, 0.5) is 4.39 Å². The molecule has 0 radical (unpaired) electrons. The Morgan fingerprint density at radius 1 is 1.18 bits per heavy atom. The number of aromatic nitrogens is 2. The van der Waals surface area contributed by atoms with E-state index in [9.17, 15) is 9.65 Å². The number of ether oxygens (including phenoxy) is 2. The van der Waals surface area contributed by atoms with Gasteiger partial charge in [-0.3, -0.25) is 4.40 Å². The Morgan fingerprint density at radius 3 is 2.68 bits per heavy atom. The summed E-state index contributed by atoms with van der Waals surface area (Å²) < 4.78 is 25.4. The van der Waals surface area contributed by atoms with Crippen LogP contribution in [0, 0.1) is 17.1 Å². The number of fused-ring (bicyclic) bond motifs is 1. The summed E-state index contributed by atoms with van der Waals surface area (Å²) in [5.74, 6) is 0.731. The van der Waals surface area contributed by atoms with Gasteiger partial charge in [-0.05, 0) is 30.3 Å². The number of benzene rings is 1. The zero-order valence-electron chi connectivity index (χ0n) is 12.0. The molecule has 2 aromatic heterocycles. The van der Waals surface area contributed by atoms with Crippen molar-refractivity contribution in [3.63, 3.8) is 0 Å². The number of halogens is 1. The summed E-state index contributed by atoms with van der Waals surface area (Å²) in [6.07, 6.45) is 1.23. The third-order valence-corrected chi connectivity index (χ3v) is 3.35. The van der Waals surface area contributed by atoms with Crippen LogP contribution < -0.4 is 9.47 Å². The second-order valence-electron chi connectivity index (χ2n) is 4.56. The van der Waals surface area contributed by atoms with Crippen LogP contribution >= 0.6 is 0 Å². The molecule has 110 valence electrons. The van der Waals surface area contributed by atoms with E-state index in [2.05, 4.69) is 11.1 Å². The maximum absolute atomic E-state index is 13.4. The lowest BCUT2D eigenvalue weighted by atomic mass is 10.1.